The Bertz CT molecular complexity index is 1310. The summed E-state index contributed by atoms with van der Waals surface area (Å²) < 4.78 is 13.1. The Labute approximate surface area is 183 Å². The number of aryl methyl sites for hydroxylation is 1. The van der Waals surface area contributed by atoms with Crippen molar-refractivity contribution in [2.45, 2.75) is 25.7 Å². The third-order valence-corrected chi connectivity index (χ3v) is 5.65. The van der Waals surface area contributed by atoms with E-state index in [1.54, 1.807) is 30.7 Å². The number of hydrogen-bond donors (Lipinski definition) is 4. The average Bonchev–Trinajstić information content (AvgIpc) is 3.50. The summed E-state index contributed by atoms with van der Waals surface area (Å²) in [5.41, 5.74) is 9.82. The second-order valence-electron chi connectivity index (χ2n) is 7.97. The molecular formula is C23H21FN6O2. The van der Waals surface area contributed by atoms with Crippen molar-refractivity contribution in [3.8, 4) is 11.3 Å². The molecule has 5 N–H and O–H groups in total. The number of rotatable bonds is 4. The maximum absolute atomic E-state index is 13.1. The number of aromatic nitrogens is 3. The fourth-order valence-corrected chi connectivity index (χ4v) is 3.72. The van der Waals surface area contributed by atoms with Gasteiger partial charge < -0.3 is 21.5 Å². The highest BCUT2D eigenvalue weighted by atomic mass is 19.1. The molecule has 2 aliphatic rings. The maximum atomic E-state index is 13.1. The smallest absolute Gasteiger partial charge is 0.231 e. The normalized spacial score (nSPS) is 21.7. The number of hydrogen-bond acceptors (Lipinski definition) is 7. The largest absolute Gasteiger partial charge is 0.383 e. The highest BCUT2D eigenvalue weighted by Gasteiger charge is 2.43. The molecule has 1 saturated carbocycles. The Morgan fingerprint density at radius 2 is 2.06 bits per heavy atom. The number of carbonyl (C=O) groups excluding carboxylic acids is 1. The van der Waals surface area contributed by atoms with Crippen molar-refractivity contribution in [3.63, 3.8) is 0 Å². The number of nitrogen functional groups attached to an aromatic ring is 1. The topological polar surface area (TPSA) is 126 Å². The van der Waals surface area contributed by atoms with Gasteiger partial charge in [-0.1, -0.05) is 6.08 Å². The summed E-state index contributed by atoms with van der Waals surface area (Å²) in [4.78, 5) is 25.2. The predicted molar refractivity (Wildman–Crippen MR) is 120 cm³/mol. The Morgan fingerprint density at radius 3 is 2.78 bits per heavy atom. The number of alkyl halides is 1. The van der Waals surface area contributed by atoms with E-state index in [4.69, 9.17) is 5.73 Å². The summed E-state index contributed by atoms with van der Waals surface area (Å²) in [5, 5.41) is 17.0. The number of halogens is 1. The van der Waals surface area contributed by atoms with Gasteiger partial charge in [0.05, 0.1) is 17.3 Å². The molecule has 1 aliphatic carbocycles. The summed E-state index contributed by atoms with van der Waals surface area (Å²) in [6.45, 7) is 1.93. The fraction of sp³-hybridized carbons (Fsp3) is 0.217. The van der Waals surface area contributed by atoms with Crippen LogP contribution in [0.25, 0.3) is 27.6 Å². The Kier molecular flexibility index (Phi) is 4.82. The molecule has 5 rings (SSSR count). The van der Waals surface area contributed by atoms with Gasteiger partial charge in [-0.05, 0) is 54.8 Å². The summed E-state index contributed by atoms with van der Waals surface area (Å²) in [6, 6.07) is 5.43. The van der Waals surface area contributed by atoms with Gasteiger partial charge in [-0.25, -0.2) is 14.4 Å². The molecule has 8 nitrogen and oxygen atoms in total. The van der Waals surface area contributed by atoms with Gasteiger partial charge in [-0.15, -0.1) is 0 Å². The third-order valence-electron chi connectivity index (χ3n) is 5.65. The minimum absolute atomic E-state index is 0.253. The lowest BCUT2D eigenvalue weighted by Crippen LogP contribution is -2.27. The first-order chi connectivity index (χ1) is 15.4. The zero-order valence-electron chi connectivity index (χ0n) is 17.2. The lowest BCUT2D eigenvalue weighted by atomic mass is 10.0. The van der Waals surface area contributed by atoms with Crippen LogP contribution in [0.2, 0.25) is 0 Å². The van der Waals surface area contributed by atoms with Crippen molar-refractivity contribution in [2.75, 3.05) is 11.1 Å². The number of allylic oxidation sites excluding steroid dienone is 2. The van der Waals surface area contributed by atoms with E-state index < -0.39 is 18.3 Å². The number of amides is 1. The number of anilines is 2. The number of fused-ring (bicyclic) bond motifs is 1. The van der Waals surface area contributed by atoms with Crippen LogP contribution in [-0.2, 0) is 4.79 Å². The summed E-state index contributed by atoms with van der Waals surface area (Å²) in [5.74, 6) is -0.327. The second kappa shape index (κ2) is 7.69. The van der Waals surface area contributed by atoms with Crippen LogP contribution < -0.4 is 16.4 Å². The lowest BCUT2D eigenvalue weighted by Gasteiger charge is -2.18. The van der Waals surface area contributed by atoms with E-state index in [0.717, 1.165) is 16.5 Å². The SMILES string of the molecule is Cc1cc(C2=CC=CNC2O)ncc1-c1cc2cc(NC(=O)[C@H]3C[C@H]3F)ncc2c(N)n1. The number of aliphatic hydroxyl groups is 1. The van der Waals surface area contributed by atoms with E-state index in [2.05, 4.69) is 25.6 Å². The third kappa shape index (κ3) is 3.67. The monoisotopic (exact) mass is 432 g/mol. The van der Waals surface area contributed by atoms with E-state index in [9.17, 15) is 14.3 Å². The first-order valence-electron chi connectivity index (χ1n) is 10.2. The van der Waals surface area contributed by atoms with Crippen LogP contribution in [0.3, 0.4) is 0 Å². The van der Waals surface area contributed by atoms with Crippen LogP contribution in [-0.4, -0.2) is 38.4 Å². The number of nitrogens with two attached hydrogens (primary N) is 1. The molecule has 1 unspecified atom stereocenters. The minimum atomic E-state index is -1.07. The lowest BCUT2D eigenvalue weighted by molar-refractivity contribution is -0.117. The standard InChI is InChI=1S/C23H21FN6O2/c1-11-5-18(13-3-2-4-26-22(13)31)27-9-15(11)19-6-12-7-20(28-10-16(12)21(25)29-19)30-23(32)14-8-17(14)24/h2-7,9-10,14,17,22,26,31H,8H2,1H3,(H2,25,29)(H,28,30,32)/t14-,17+,22?/m0/s1. The van der Waals surface area contributed by atoms with E-state index in [1.807, 2.05) is 25.1 Å². The first-order valence-corrected chi connectivity index (χ1v) is 10.2. The maximum Gasteiger partial charge on any atom is 0.231 e. The molecule has 0 radical (unpaired) electrons. The summed E-state index contributed by atoms with van der Waals surface area (Å²) in [6.07, 6.45) is 6.89. The van der Waals surface area contributed by atoms with E-state index in [0.29, 0.717) is 34.0 Å². The van der Waals surface area contributed by atoms with E-state index in [1.165, 1.54) is 0 Å². The number of carbonyl (C=O) groups is 1. The highest BCUT2D eigenvalue weighted by Crippen LogP contribution is 2.35. The highest BCUT2D eigenvalue weighted by molar-refractivity contribution is 5.98. The van der Waals surface area contributed by atoms with Crippen LogP contribution in [0.4, 0.5) is 16.0 Å². The molecule has 1 amide bonds. The van der Waals surface area contributed by atoms with Crippen molar-refractivity contribution < 1.29 is 14.3 Å². The number of dihydropyridines is 1. The van der Waals surface area contributed by atoms with Gasteiger partial charge in [-0.3, -0.25) is 9.78 Å². The van der Waals surface area contributed by atoms with Crippen molar-refractivity contribution in [1.29, 1.82) is 0 Å². The number of pyridine rings is 3. The molecule has 0 bridgehead atoms. The molecule has 9 heteroatoms. The van der Waals surface area contributed by atoms with Crippen LogP contribution >= 0.6 is 0 Å². The molecule has 4 heterocycles. The van der Waals surface area contributed by atoms with Gasteiger partial charge in [0.2, 0.25) is 5.91 Å². The van der Waals surface area contributed by atoms with Crippen molar-refractivity contribution in [1.82, 2.24) is 20.3 Å². The van der Waals surface area contributed by atoms with Crippen LogP contribution in [0, 0.1) is 12.8 Å². The quantitative estimate of drug-likeness (QED) is 0.499. The van der Waals surface area contributed by atoms with Gasteiger partial charge in [0.1, 0.15) is 17.8 Å². The number of aliphatic hydroxyl groups excluding tert-OH is 1. The zero-order valence-corrected chi connectivity index (χ0v) is 17.2. The molecule has 1 fully saturated rings. The zero-order chi connectivity index (χ0) is 22.4. The van der Waals surface area contributed by atoms with E-state index in [-0.39, 0.29) is 12.3 Å². The average molecular weight is 432 g/mol. The summed E-state index contributed by atoms with van der Waals surface area (Å²) >= 11 is 0. The summed E-state index contributed by atoms with van der Waals surface area (Å²) in [7, 11) is 0. The van der Waals surface area contributed by atoms with Crippen LogP contribution in [0.5, 0.6) is 0 Å². The molecule has 162 valence electrons. The van der Waals surface area contributed by atoms with Crippen LogP contribution in [0.15, 0.2) is 48.9 Å². The minimum Gasteiger partial charge on any atom is -0.383 e. The molecular weight excluding hydrogens is 411 g/mol. The molecule has 32 heavy (non-hydrogen) atoms. The number of nitrogens with one attached hydrogen (secondary N) is 2. The van der Waals surface area contributed by atoms with E-state index >= 15 is 0 Å². The van der Waals surface area contributed by atoms with Gasteiger partial charge in [0.15, 0.2) is 6.23 Å². The van der Waals surface area contributed by atoms with Gasteiger partial charge in [-0.2, -0.15) is 0 Å². The second-order valence-corrected chi connectivity index (χ2v) is 7.97. The number of nitrogens with zero attached hydrogens (tertiary/aromatic N) is 3. The van der Waals surface area contributed by atoms with Gasteiger partial charge in [0, 0.05) is 28.9 Å². The van der Waals surface area contributed by atoms with Gasteiger partial charge in [0.25, 0.3) is 0 Å². The van der Waals surface area contributed by atoms with Crippen molar-refractivity contribution in [2.24, 2.45) is 5.92 Å². The predicted octanol–water partition coefficient (Wildman–Crippen LogP) is 2.70. The first kappa shape index (κ1) is 20.1. The van der Waals surface area contributed by atoms with Crippen molar-refractivity contribution in [3.05, 3.63) is 60.2 Å². The van der Waals surface area contributed by atoms with Crippen molar-refractivity contribution >= 4 is 33.9 Å². The van der Waals surface area contributed by atoms with Crippen LogP contribution in [0.1, 0.15) is 17.7 Å². The molecule has 0 spiro atoms. The Balaban J connectivity index is 1.49. The molecule has 0 aromatic carbocycles. The molecule has 1 aliphatic heterocycles. The van der Waals surface area contributed by atoms with Gasteiger partial charge >= 0.3 is 0 Å². The Morgan fingerprint density at radius 1 is 1.25 bits per heavy atom. The molecule has 3 aromatic heterocycles. The molecule has 3 atom stereocenters. The molecule has 3 aromatic rings. The fourth-order valence-electron chi connectivity index (χ4n) is 3.72. The Hall–Kier alpha value is -3.85. The molecule has 0 saturated heterocycles.